The number of aryl methyl sites for hydroxylation is 1. The Kier molecular flexibility index (Phi) is 3.19. The predicted octanol–water partition coefficient (Wildman–Crippen LogP) is -0.0633. The topological polar surface area (TPSA) is 60.2 Å². The molecule has 5 nitrogen and oxygen atoms in total. The van der Waals surface area contributed by atoms with Crippen LogP contribution in [0.5, 0.6) is 0 Å². The number of ether oxygens (including phenoxy) is 1. The molecule has 0 atom stereocenters. The van der Waals surface area contributed by atoms with Crippen LogP contribution >= 0.6 is 0 Å². The third-order valence-corrected chi connectivity index (χ3v) is 1.65. The van der Waals surface area contributed by atoms with E-state index < -0.39 is 0 Å². The van der Waals surface area contributed by atoms with Gasteiger partial charge in [-0.15, -0.1) is 5.10 Å². The molecule has 1 aromatic rings. The molecule has 1 N–H and O–H groups in total. The van der Waals surface area contributed by atoms with Crippen LogP contribution in [0.25, 0.3) is 0 Å². The van der Waals surface area contributed by atoms with Crippen LogP contribution in [0.15, 0.2) is 0 Å². The van der Waals surface area contributed by atoms with Crippen LogP contribution in [-0.4, -0.2) is 27.2 Å². The number of methoxy groups -OCH3 is 1. The maximum atomic E-state index is 8.88. The smallest absolute Gasteiger partial charge is 0.114 e. The molecule has 1 heterocycles. The lowest BCUT2D eigenvalue weighted by Gasteiger charge is -2.02. The summed E-state index contributed by atoms with van der Waals surface area (Å²) in [6, 6.07) is 0. The molecule has 0 fully saturated rings. The van der Waals surface area contributed by atoms with Gasteiger partial charge in [-0.2, -0.15) is 0 Å². The van der Waals surface area contributed by atoms with Crippen molar-refractivity contribution in [3.63, 3.8) is 0 Å². The zero-order valence-electron chi connectivity index (χ0n) is 7.32. The molecular formula is C7H13N3O2. The number of hydrogen-bond acceptors (Lipinski definition) is 4. The molecule has 0 saturated heterocycles. The summed E-state index contributed by atoms with van der Waals surface area (Å²) in [5.74, 6) is 0. The lowest BCUT2D eigenvalue weighted by molar-refractivity contribution is 0.173. The fourth-order valence-corrected chi connectivity index (χ4v) is 1.04. The van der Waals surface area contributed by atoms with Crippen molar-refractivity contribution in [2.24, 2.45) is 0 Å². The van der Waals surface area contributed by atoms with Crippen molar-refractivity contribution in [1.29, 1.82) is 0 Å². The average Bonchev–Trinajstić information content (AvgIpc) is 2.48. The van der Waals surface area contributed by atoms with Crippen LogP contribution in [0.4, 0.5) is 0 Å². The molecule has 0 radical (unpaired) electrons. The first kappa shape index (κ1) is 9.15. The number of aliphatic hydroxyl groups excluding tert-OH is 1. The molecule has 0 aliphatic rings. The van der Waals surface area contributed by atoms with Crippen LogP contribution in [-0.2, 0) is 24.5 Å². The van der Waals surface area contributed by atoms with Gasteiger partial charge in [0.2, 0.25) is 0 Å². The Morgan fingerprint density at radius 3 is 2.83 bits per heavy atom. The highest BCUT2D eigenvalue weighted by molar-refractivity contribution is 5.07. The molecule has 0 bridgehead atoms. The molecule has 0 unspecified atom stereocenters. The molecule has 0 spiro atoms. The molecule has 12 heavy (non-hydrogen) atoms. The highest BCUT2D eigenvalue weighted by Gasteiger charge is 2.09. The second kappa shape index (κ2) is 4.18. The van der Waals surface area contributed by atoms with Crippen molar-refractivity contribution in [3.8, 4) is 0 Å². The molecule has 68 valence electrons. The lowest BCUT2D eigenvalue weighted by Crippen LogP contribution is -2.05. The Morgan fingerprint density at radius 2 is 2.33 bits per heavy atom. The Labute approximate surface area is 71.0 Å². The third-order valence-electron chi connectivity index (χ3n) is 1.65. The summed E-state index contributed by atoms with van der Waals surface area (Å²) in [7, 11) is 1.61. The van der Waals surface area contributed by atoms with E-state index in [4.69, 9.17) is 9.84 Å². The van der Waals surface area contributed by atoms with Gasteiger partial charge in [-0.1, -0.05) is 5.21 Å². The Hall–Kier alpha value is -0.940. The van der Waals surface area contributed by atoms with Crippen LogP contribution in [0.3, 0.4) is 0 Å². The first-order valence-corrected chi connectivity index (χ1v) is 3.84. The summed E-state index contributed by atoms with van der Waals surface area (Å²) < 4.78 is 6.68. The number of aliphatic hydroxyl groups is 1. The SMILES string of the molecule is CCn1nnc(CO)c1COC. The fourth-order valence-electron chi connectivity index (χ4n) is 1.04. The molecule has 1 aromatic heterocycles. The molecule has 0 aliphatic carbocycles. The molecule has 5 heteroatoms. The van der Waals surface area contributed by atoms with Crippen molar-refractivity contribution in [2.75, 3.05) is 7.11 Å². The maximum Gasteiger partial charge on any atom is 0.114 e. The van der Waals surface area contributed by atoms with Gasteiger partial charge < -0.3 is 9.84 Å². The van der Waals surface area contributed by atoms with E-state index >= 15 is 0 Å². The van der Waals surface area contributed by atoms with Crippen molar-refractivity contribution >= 4 is 0 Å². The summed E-state index contributed by atoms with van der Waals surface area (Å²) in [6.07, 6.45) is 0. The molecule has 0 aromatic carbocycles. The zero-order valence-corrected chi connectivity index (χ0v) is 7.32. The van der Waals surface area contributed by atoms with E-state index in [1.165, 1.54) is 0 Å². The van der Waals surface area contributed by atoms with Gasteiger partial charge in [0, 0.05) is 13.7 Å². The van der Waals surface area contributed by atoms with Gasteiger partial charge in [-0.25, -0.2) is 4.68 Å². The van der Waals surface area contributed by atoms with Crippen molar-refractivity contribution < 1.29 is 9.84 Å². The van der Waals surface area contributed by atoms with E-state index in [9.17, 15) is 0 Å². The van der Waals surface area contributed by atoms with Crippen molar-refractivity contribution in [1.82, 2.24) is 15.0 Å². The van der Waals surface area contributed by atoms with E-state index in [-0.39, 0.29) is 6.61 Å². The highest BCUT2D eigenvalue weighted by atomic mass is 16.5. The van der Waals surface area contributed by atoms with Gasteiger partial charge in [-0.3, -0.25) is 0 Å². The quantitative estimate of drug-likeness (QED) is 0.689. The Balaban J connectivity index is 2.90. The molecular weight excluding hydrogens is 158 g/mol. The first-order valence-electron chi connectivity index (χ1n) is 3.84. The molecule has 0 amide bonds. The molecule has 0 saturated carbocycles. The van der Waals surface area contributed by atoms with Gasteiger partial charge in [0.25, 0.3) is 0 Å². The number of aromatic nitrogens is 3. The molecule has 0 aliphatic heterocycles. The minimum atomic E-state index is -0.0846. The number of nitrogens with zero attached hydrogens (tertiary/aromatic N) is 3. The maximum absolute atomic E-state index is 8.88. The van der Waals surface area contributed by atoms with E-state index in [0.717, 1.165) is 12.2 Å². The third kappa shape index (κ3) is 1.62. The minimum absolute atomic E-state index is 0.0846. The average molecular weight is 171 g/mol. The first-order chi connectivity index (χ1) is 5.83. The summed E-state index contributed by atoms with van der Waals surface area (Å²) >= 11 is 0. The van der Waals surface area contributed by atoms with Crippen molar-refractivity contribution in [2.45, 2.75) is 26.7 Å². The second-order valence-electron chi connectivity index (χ2n) is 2.39. The number of rotatable bonds is 4. The fraction of sp³-hybridized carbons (Fsp3) is 0.714. The summed E-state index contributed by atoms with van der Waals surface area (Å²) in [5, 5.41) is 16.5. The number of hydrogen-bond donors (Lipinski definition) is 1. The van der Waals surface area contributed by atoms with E-state index in [1.807, 2.05) is 6.92 Å². The van der Waals surface area contributed by atoms with Crippen LogP contribution in [0.2, 0.25) is 0 Å². The zero-order chi connectivity index (χ0) is 8.97. The van der Waals surface area contributed by atoms with Gasteiger partial charge >= 0.3 is 0 Å². The van der Waals surface area contributed by atoms with Gasteiger partial charge in [0.15, 0.2) is 0 Å². The van der Waals surface area contributed by atoms with E-state index in [2.05, 4.69) is 10.3 Å². The van der Waals surface area contributed by atoms with Crippen LogP contribution in [0, 0.1) is 0 Å². The summed E-state index contributed by atoms with van der Waals surface area (Å²) in [5.41, 5.74) is 1.45. The van der Waals surface area contributed by atoms with Gasteiger partial charge in [-0.05, 0) is 6.92 Å². The van der Waals surface area contributed by atoms with E-state index in [0.29, 0.717) is 12.3 Å². The Bertz CT molecular complexity index is 225. The summed E-state index contributed by atoms with van der Waals surface area (Å²) in [6.45, 7) is 3.07. The normalized spacial score (nSPS) is 10.6. The summed E-state index contributed by atoms with van der Waals surface area (Å²) in [4.78, 5) is 0. The lowest BCUT2D eigenvalue weighted by atomic mass is 10.3. The molecule has 1 rings (SSSR count). The highest BCUT2D eigenvalue weighted by Crippen LogP contribution is 2.06. The van der Waals surface area contributed by atoms with Gasteiger partial charge in [0.05, 0.1) is 18.9 Å². The van der Waals surface area contributed by atoms with E-state index in [1.54, 1.807) is 11.8 Å². The predicted molar refractivity (Wildman–Crippen MR) is 42.3 cm³/mol. The van der Waals surface area contributed by atoms with Crippen LogP contribution < -0.4 is 0 Å². The van der Waals surface area contributed by atoms with Crippen LogP contribution in [0.1, 0.15) is 18.3 Å². The minimum Gasteiger partial charge on any atom is -0.390 e. The largest absolute Gasteiger partial charge is 0.390 e. The Morgan fingerprint density at radius 1 is 1.58 bits per heavy atom. The second-order valence-corrected chi connectivity index (χ2v) is 2.39. The monoisotopic (exact) mass is 171 g/mol. The van der Waals surface area contributed by atoms with Gasteiger partial charge in [0.1, 0.15) is 5.69 Å². The van der Waals surface area contributed by atoms with Crippen molar-refractivity contribution in [3.05, 3.63) is 11.4 Å². The standard InChI is InChI=1S/C7H13N3O2/c1-3-10-7(5-12-2)6(4-11)8-9-10/h11H,3-5H2,1-2H3.